The van der Waals surface area contributed by atoms with Gasteiger partial charge in [0.2, 0.25) is 0 Å². The van der Waals surface area contributed by atoms with Gasteiger partial charge in [-0.3, -0.25) is 0 Å². The van der Waals surface area contributed by atoms with Crippen molar-refractivity contribution < 1.29 is 13.2 Å². The second-order valence-electron chi connectivity index (χ2n) is 2.99. The lowest BCUT2D eigenvalue weighted by Crippen LogP contribution is -2.09. The predicted octanol–water partition coefficient (Wildman–Crippen LogP) is 3.64. The van der Waals surface area contributed by atoms with Gasteiger partial charge in [-0.2, -0.15) is 13.2 Å². The van der Waals surface area contributed by atoms with Crippen molar-refractivity contribution in [2.75, 3.05) is 0 Å². The van der Waals surface area contributed by atoms with E-state index in [1.54, 1.807) is 13.0 Å². The third-order valence-electron chi connectivity index (χ3n) is 1.80. The monoisotopic (exact) mass is 187 g/mol. The standard InChI is InChI=1S/C10H10F3/c1-7(2)8-5-3-4-6-9(8)10(11,12)13/h3-7H,1H2,2H3. The van der Waals surface area contributed by atoms with Crippen LogP contribution in [0.1, 0.15) is 24.0 Å². The van der Waals surface area contributed by atoms with Gasteiger partial charge in [-0.05, 0) is 24.5 Å². The minimum atomic E-state index is -4.28. The van der Waals surface area contributed by atoms with E-state index < -0.39 is 11.7 Å². The number of rotatable bonds is 1. The van der Waals surface area contributed by atoms with Crippen molar-refractivity contribution in [3.05, 3.63) is 42.3 Å². The molecule has 0 saturated heterocycles. The largest absolute Gasteiger partial charge is 0.416 e. The van der Waals surface area contributed by atoms with Crippen molar-refractivity contribution in [3.8, 4) is 0 Å². The lowest BCUT2D eigenvalue weighted by Gasteiger charge is -2.14. The van der Waals surface area contributed by atoms with Crippen molar-refractivity contribution in [3.63, 3.8) is 0 Å². The van der Waals surface area contributed by atoms with E-state index in [0.717, 1.165) is 6.07 Å². The summed E-state index contributed by atoms with van der Waals surface area (Å²) in [4.78, 5) is 0. The van der Waals surface area contributed by atoms with Crippen molar-refractivity contribution in [1.82, 2.24) is 0 Å². The third-order valence-corrected chi connectivity index (χ3v) is 1.80. The van der Waals surface area contributed by atoms with Crippen LogP contribution in [-0.2, 0) is 6.18 Å². The molecule has 0 heterocycles. The molecule has 0 amide bonds. The Balaban J connectivity index is 3.20. The van der Waals surface area contributed by atoms with Gasteiger partial charge in [-0.15, -0.1) is 0 Å². The van der Waals surface area contributed by atoms with E-state index in [4.69, 9.17) is 0 Å². The van der Waals surface area contributed by atoms with Crippen LogP contribution in [0.5, 0.6) is 0 Å². The van der Waals surface area contributed by atoms with Crippen LogP contribution >= 0.6 is 0 Å². The Hall–Kier alpha value is -0.990. The summed E-state index contributed by atoms with van der Waals surface area (Å²) >= 11 is 0. The molecule has 0 spiro atoms. The van der Waals surface area contributed by atoms with E-state index in [0.29, 0.717) is 0 Å². The summed E-state index contributed by atoms with van der Waals surface area (Å²) in [6, 6.07) is 5.51. The maximum absolute atomic E-state index is 12.4. The van der Waals surface area contributed by atoms with Crippen LogP contribution < -0.4 is 0 Å². The van der Waals surface area contributed by atoms with Gasteiger partial charge in [0, 0.05) is 0 Å². The molecule has 1 radical (unpaired) electrons. The molecule has 71 valence electrons. The Labute approximate surface area is 75.4 Å². The van der Waals surface area contributed by atoms with E-state index in [9.17, 15) is 13.2 Å². The summed E-state index contributed by atoms with van der Waals surface area (Å²) in [6.45, 7) is 5.23. The third kappa shape index (κ3) is 2.23. The van der Waals surface area contributed by atoms with Crippen LogP contribution in [0, 0.1) is 6.92 Å². The Bertz CT molecular complexity index is 286. The van der Waals surface area contributed by atoms with Crippen LogP contribution in [0.4, 0.5) is 13.2 Å². The maximum Gasteiger partial charge on any atom is 0.416 e. The minimum absolute atomic E-state index is 0.245. The summed E-state index contributed by atoms with van der Waals surface area (Å²) < 4.78 is 37.1. The number of hydrogen-bond donors (Lipinski definition) is 0. The second kappa shape index (κ2) is 3.40. The van der Waals surface area contributed by atoms with Gasteiger partial charge in [0.1, 0.15) is 0 Å². The molecule has 0 nitrogen and oxygen atoms in total. The molecule has 1 unspecified atom stereocenters. The lowest BCUT2D eigenvalue weighted by molar-refractivity contribution is -0.138. The summed E-state index contributed by atoms with van der Waals surface area (Å²) in [6.07, 6.45) is -4.28. The molecular formula is C10H10F3. The molecule has 0 aromatic heterocycles. The number of hydrogen-bond acceptors (Lipinski definition) is 0. The predicted molar refractivity (Wildman–Crippen MR) is 45.2 cm³/mol. The summed E-state index contributed by atoms with van der Waals surface area (Å²) in [5.41, 5.74) is -0.340. The quantitative estimate of drug-likeness (QED) is 0.629. The first kappa shape index (κ1) is 10.1. The van der Waals surface area contributed by atoms with Gasteiger partial charge in [0.05, 0.1) is 5.56 Å². The molecule has 1 aromatic rings. The zero-order chi connectivity index (χ0) is 10.1. The first-order valence-electron chi connectivity index (χ1n) is 3.92. The molecule has 0 saturated carbocycles. The lowest BCUT2D eigenvalue weighted by atomic mass is 9.97. The molecule has 1 rings (SSSR count). The molecule has 0 aliphatic rings. The average molecular weight is 187 g/mol. The van der Waals surface area contributed by atoms with E-state index in [-0.39, 0.29) is 11.5 Å². The van der Waals surface area contributed by atoms with Crippen molar-refractivity contribution in [1.29, 1.82) is 0 Å². The fraction of sp³-hybridized carbons (Fsp3) is 0.300. The highest BCUT2D eigenvalue weighted by atomic mass is 19.4. The zero-order valence-electron chi connectivity index (χ0n) is 7.23. The highest BCUT2D eigenvalue weighted by molar-refractivity contribution is 5.32. The fourth-order valence-corrected chi connectivity index (χ4v) is 1.18. The Morgan fingerprint density at radius 1 is 1.23 bits per heavy atom. The SMILES string of the molecule is [CH2]C(C)c1ccccc1C(F)(F)F. The number of halogens is 3. The Morgan fingerprint density at radius 2 is 1.77 bits per heavy atom. The van der Waals surface area contributed by atoms with Crippen LogP contribution in [0.2, 0.25) is 0 Å². The first-order chi connectivity index (χ1) is 5.93. The van der Waals surface area contributed by atoms with Crippen LogP contribution in [-0.4, -0.2) is 0 Å². The highest BCUT2D eigenvalue weighted by Gasteiger charge is 2.33. The van der Waals surface area contributed by atoms with Gasteiger partial charge in [0.25, 0.3) is 0 Å². The molecule has 13 heavy (non-hydrogen) atoms. The molecule has 0 N–H and O–H groups in total. The first-order valence-corrected chi connectivity index (χ1v) is 3.92. The van der Waals surface area contributed by atoms with Crippen LogP contribution in [0.3, 0.4) is 0 Å². The summed E-state index contributed by atoms with van der Waals surface area (Å²) in [5.74, 6) is -0.349. The van der Waals surface area contributed by atoms with Gasteiger partial charge in [0.15, 0.2) is 0 Å². The second-order valence-corrected chi connectivity index (χ2v) is 2.99. The molecule has 0 aliphatic heterocycles. The van der Waals surface area contributed by atoms with Gasteiger partial charge < -0.3 is 0 Å². The van der Waals surface area contributed by atoms with Crippen molar-refractivity contribution in [2.24, 2.45) is 0 Å². The topological polar surface area (TPSA) is 0 Å². The number of benzene rings is 1. The van der Waals surface area contributed by atoms with Gasteiger partial charge in [-0.1, -0.05) is 25.1 Å². The minimum Gasteiger partial charge on any atom is -0.166 e. The van der Waals surface area contributed by atoms with E-state index in [2.05, 4.69) is 6.92 Å². The van der Waals surface area contributed by atoms with E-state index in [1.807, 2.05) is 0 Å². The molecular weight excluding hydrogens is 177 g/mol. The van der Waals surface area contributed by atoms with E-state index >= 15 is 0 Å². The molecule has 0 fully saturated rings. The highest BCUT2D eigenvalue weighted by Crippen LogP contribution is 2.34. The zero-order valence-corrected chi connectivity index (χ0v) is 7.23. The smallest absolute Gasteiger partial charge is 0.166 e. The summed E-state index contributed by atoms with van der Waals surface area (Å²) in [7, 11) is 0. The number of alkyl halides is 3. The Morgan fingerprint density at radius 3 is 2.15 bits per heavy atom. The van der Waals surface area contributed by atoms with Crippen LogP contribution in [0.15, 0.2) is 24.3 Å². The average Bonchev–Trinajstić information content (AvgIpc) is 2.03. The van der Waals surface area contributed by atoms with Crippen LogP contribution in [0.25, 0.3) is 0 Å². The normalized spacial score (nSPS) is 12.2. The Kier molecular flexibility index (Phi) is 2.64. The maximum atomic E-state index is 12.4. The molecule has 0 aliphatic carbocycles. The van der Waals surface area contributed by atoms with Crippen molar-refractivity contribution in [2.45, 2.75) is 19.0 Å². The molecule has 1 aromatic carbocycles. The van der Waals surface area contributed by atoms with Gasteiger partial charge in [-0.25, -0.2) is 0 Å². The van der Waals surface area contributed by atoms with E-state index in [1.165, 1.54) is 12.1 Å². The van der Waals surface area contributed by atoms with Crippen molar-refractivity contribution >= 4 is 0 Å². The fourth-order valence-electron chi connectivity index (χ4n) is 1.18. The summed E-state index contributed by atoms with van der Waals surface area (Å²) in [5, 5.41) is 0. The molecule has 3 heteroatoms. The van der Waals surface area contributed by atoms with Gasteiger partial charge >= 0.3 is 6.18 Å². The molecule has 1 atom stereocenters. The molecule has 0 bridgehead atoms.